The van der Waals surface area contributed by atoms with Gasteiger partial charge in [-0.25, -0.2) is 4.98 Å². The van der Waals surface area contributed by atoms with Crippen molar-refractivity contribution in [2.75, 3.05) is 25.1 Å². The van der Waals surface area contributed by atoms with Gasteiger partial charge in [-0.15, -0.1) is 0 Å². The fourth-order valence-electron chi connectivity index (χ4n) is 4.68. The van der Waals surface area contributed by atoms with E-state index in [2.05, 4.69) is 30.9 Å². The summed E-state index contributed by atoms with van der Waals surface area (Å²) in [6.07, 6.45) is 1.92. The van der Waals surface area contributed by atoms with Gasteiger partial charge in [0.05, 0.1) is 13.2 Å². The van der Waals surface area contributed by atoms with Crippen molar-refractivity contribution in [3.63, 3.8) is 0 Å². The number of fused-ring (bicyclic) bond motifs is 1. The smallest absolute Gasteiger partial charge is 0.161 e. The van der Waals surface area contributed by atoms with E-state index in [1.54, 1.807) is 7.11 Å². The standard InChI is InChI=1S/C23H30N2O3/c1-4-18-15(2)9-10-23(24-18)25-13-16-11-19(26)22(12-17(16)14-25)28-21-8-6-5-7-20(21)27-3/h5-10,16-17,19,22,26H,4,11-14H2,1-3H3/t16-,17+,19+,22+/m0/s1. The van der Waals surface area contributed by atoms with Crippen LogP contribution in [0, 0.1) is 18.8 Å². The first-order chi connectivity index (χ1) is 13.6. The van der Waals surface area contributed by atoms with Gasteiger partial charge in [0, 0.05) is 18.8 Å². The van der Waals surface area contributed by atoms with Crippen LogP contribution in [0.5, 0.6) is 11.5 Å². The number of ether oxygens (including phenoxy) is 2. The monoisotopic (exact) mass is 382 g/mol. The number of aromatic nitrogens is 1. The average molecular weight is 383 g/mol. The molecule has 2 fully saturated rings. The number of anilines is 1. The normalized spacial score (nSPS) is 26.8. The molecule has 0 unspecified atom stereocenters. The van der Waals surface area contributed by atoms with Crippen molar-refractivity contribution in [1.82, 2.24) is 4.98 Å². The van der Waals surface area contributed by atoms with Gasteiger partial charge in [-0.2, -0.15) is 0 Å². The summed E-state index contributed by atoms with van der Waals surface area (Å²) in [5, 5.41) is 10.7. The molecule has 4 rings (SSSR count). The van der Waals surface area contributed by atoms with E-state index in [9.17, 15) is 5.11 Å². The Morgan fingerprint density at radius 1 is 1.07 bits per heavy atom. The predicted octanol–water partition coefficient (Wildman–Crippen LogP) is 3.62. The third-order valence-electron chi connectivity index (χ3n) is 6.28. The van der Waals surface area contributed by atoms with Crippen molar-refractivity contribution in [1.29, 1.82) is 0 Å². The summed E-state index contributed by atoms with van der Waals surface area (Å²) in [5.74, 6) is 3.47. The molecular formula is C23H30N2O3. The molecule has 1 aromatic carbocycles. The van der Waals surface area contributed by atoms with Gasteiger partial charge in [-0.3, -0.25) is 0 Å². The maximum Gasteiger partial charge on any atom is 0.161 e. The third-order valence-corrected chi connectivity index (χ3v) is 6.28. The lowest BCUT2D eigenvalue weighted by atomic mass is 9.78. The highest BCUT2D eigenvalue weighted by Gasteiger charge is 2.43. The van der Waals surface area contributed by atoms with Crippen molar-refractivity contribution >= 4 is 5.82 Å². The van der Waals surface area contributed by atoms with E-state index < -0.39 is 6.10 Å². The Morgan fingerprint density at radius 3 is 2.50 bits per heavy atom. The molecule has 0 bridgehead atoms. The number of benzene rings is 1. The summed E-state index contributed by atoms with van der Waals surface area (Å²) in [5.41, 5.74) is 2.42. The number of nitrogens with zero attached hydrogens (tertiary/aromatic N) is 2. The topological polar surface area (TPSA) is 54.8 Å². The zero-order valence-electron chi connectivity index (χ0n) is 17.0. The minimum absolute atomic E-state index is 0.199. The number of pyridine rings is 1. The molecule has 1 aromatic heterocycles. The van der Waals surface area contributed by atoms with Crippen molar-refractivity contribution in [3.05, 3.63) is 47.7 Å². The lowest BCUT2D eigenvalue weighted by Crippen LogP contribution is -2.42. The van der Waals surface area contributed by atoms with Crippen LogP contribution in [0.3, 0.4) is 0 Å². The number of aryl methyl sites for hydroxylation is 2. The van der Waals surface area contributed by atoms with E-state index in [1.165, 1.54) is 11.3 Å². The summed E-state index contributed by atoms with van der Waals surface area (Å²) in [4.78, 5) is 7.26. The molecule has 28 heavy (non-hydrogen) atoms. The van der Waals surface area contributed by atoms with Gasteiger partial charge in [0.1, 0.15) is 11.9 Å². The highest BCUT2D eigenvalue weighted by Crippen LogP contribution is 2.40. The molecule has 2 aliphatic rings. The minimum Gasteiger partial charge on any atom is -0.493 e. The zero-order valence-corrected chi connectivity index (χ0v) is 17.0. The van der Waals surface area contributed by atoms with Crippen LogP contribution in [0.15, 0.2) is 36.4 Å². The van der Waals surface area contributed by atoms with Gasteiger partial charge in [0.2, 0.25) is 0 Å². The van der Waals surface area contributed by atoms with Crippen molar-refractivity contribution in [3.8, 4) is 11.5 Å². The average Bonchev–Trinajstić information content (AvgIpc) is 3.11. The minimum atomic E-state index is -0.455. The summed E-state index contributed by atoms with van der Waals surface area (Å²) in [6.45, 7) is 6.21. The molecule has 2 aromatic rings. The molecule has 150 valence electrons. The summed E-state index contributed by atoms with van der Waals surface area (Å²) in [6, 6.07) is 11.9. The van der Waals surface area contributed by atoms with Gasteiger partial charge >= 0.3 is 0 Å². The van der Waals surface area contributed by atoms with E-state index in [1.807, 2.05) is 24.3 Å². The van der Waals surface area contributed by atoms with Crippen LogP contribution >= 0.6 is 0 Å². The van der Waals surface area contributed by atoms with Gasteiger partial charge in [0.15, 0.2) is 11.5 Å². The van der Waals surface area contributed by atoms with Crippen LogP contribution in [-0.2, 0) is 6.42 Å². The molecular weight excluding hydrogens is 352 g/mol. The predicted molar refractivity (Wildman–Crippen MR) is 110 cm³/mol. The molecule has 5 heteroatoms. The van der Waals surface area contributed by atoms with Gasteiger partial charge < -0.3 is 19.5 Å². The highest BCUT2D eigenvalue weighted by atomic mass is 16.5. The fourth-order valence-corrected chi connectivity index (χ4v) is 4.68. The van der Waals surface area contributed by atoms with Crippen molar-refractivity contribution in [2.24, 2.45) is 11.8 Å². The van der Waals surface area contributed by atoms with Crippen LogP contribution in [0.2, 0.25) is 0 Å². The molecule has 4 atom stereocenters. The second-order valence-corrected chi connectivity index (χ2v) is 8.06. The highest BCUT2D eigenvalue weighted by molar-refractivity contribution is 5.43. The number of aliphatic hydroxyl groups excluding tert-OH is 1. The zero-order chi connectivity index (χ0) is 19.7. The van der Waals surface area contributed by atoms with Crippen LogP contribution < -0.4 is 14.4 Å². The van der Waals surface area contributed by atoms with E-state index in [0.29, 0.717) is 23.3 Å². The molecule has 2 heterocycles. The maximum atomic E-state index is 10.7. The largest absolute Gasteiger partial charge is 0.493 e. The molecule has 0 amide bonds. The lowest BCUT2D eigenvalue weighted by molar-refractivity contribution is -0.0240. The quantitative estimate of drug-likeness (QED) is 0.856. The first-order valence-corrected chi connectivity index (χ1v) is 10.3. The van der Waals surface area contributed by atoms with E-state index in [-0.39, 0.29) is 6.10 Å². The number of aliphatic hydroxyl groups is 1. The molecule has 1 saturated carbocycles. The first-order valence-electron chi connectivity index (χ1n) is 10.3. The molecule has 1 saturated heterocycles. The number of methoxy groups -OCH3 is 1. The molecule has 1 aliphatic carbocycles. The van der Waals surface area contributed by atoms with E-state index in [4.69, 9.17) is 14.5 Å². The van der Waals surface area contributed by atoms with Crippen molar-refractivity contribution in [2.45, 2.75) is 45.3 Å². The Balaban J connectivity index is 1.46. The summed E-state index contributed by atoms with van der Waals surface area (Å²) in [7, 11) is 1.64. The van der Waals surface area contributed by atoms with Crippen LogP contribution in [-0.4, -0.2) is 42.5 Å². The Labute approximate surface area is 167 Å². The number of rotatable bonds is 5. The Hall–Kier alpha value is -2.27. The molecule has 1 N–H and O–H groups in total. The number of hydrogen-bond donors (Lipinski definition) is 1. The Bertz CT molecular complexity index is 825. The molecule has 5 nitrogen and oxygen atoms in total. The van der Waals surface area contributed by atoms with Gasteiger partial charge in [-0.05, 0) is 61.8 Å². The lowest BCUT2D eigenvalue weighted by Gasteiger charge is -2.35. The Morgan fingerprint density at radius 2 is 1.79 bits per heavy atom. The molecule has 0 spiro atoms. The van der Waals surface area contributed by atoms with Crippen LogP contribution in [0.4, 0.5) is 5.82 Å². The van der Waals surface area contributed by atoms with E-state index >= 15 is 0 Å². The molecule has 1 aliphatic heterocycles. The fraction of sp³-hybridized carbons (Fsp3) is 0.522. The number of hydrogen-bond acceptors (Lipinski definition) is 5. The van der Waals surface area contributed by atoms with Crippen LogP contribution in [0.1, 0.15) is 31.0 Å². The SMILES string of the molecule is CCc1nc(N2C[C@H]3C[C@@H](Oc4ccccc4OC)[C@H](O)C[C@H]3C2)ccc1C. The first kappa shape index (κ1) is 19.1. The summed E-state index contributed by atoms with van der Waals surface area (Å²) < 4.78 is 11.6. The molecule has 0 radical (unpaired) electrons. The number of para-hydroxylation sites is 2. The second kappa shape index (κ2) is 8.00. The van der Waals surface area contributed by atoms with Crippen molar-refractivity contribution < 1.29 is 14.6 Å². The summed E-state index contributed by atoms with van der Waals surface area (Å²) >= 11 is 0. The van der Waals surface area contributed by atoms with E-state index in [0.717, 1.165) is 38.2 Å². The third kappa shape index (κ3) is 3.68. The van der Waals surface area contributed by atoms with Gasteiger partial charge in [0.25, 0.3) is 0 Å². The maximum absolute atomic E-state index is 10.7. The van der Waals surface area contributed by atoms with Gasteiger partial charge in [-0.1, -0.05) is 25.1 Å². The van der Waals surface area contributed by atoms with Crippen LogP contribution in [0.25, 0.3) is 0 Å². The second-order valence-electron chi connectivity index (χ2n) is 8.06. The Kier molecular flexibility index (Phi) is 5.44.